The Bertz CT molecular complexity index is 476. The average Bonchev–Trinajstić information content (AvgIpc) is 2.87. The molecule has 2 nitrogen and oxygen atoms in total. The van der Waals surface area contributed by atoms with Gasteiger partial charge >= 0.3 is 6.18 Å². The van der Waals surface area contributed by atoms with Gasteiger partial charge in [-0.25, -0.2) is 0 Å². The van der Waals surface area contributed by atoms with Gasteiger partial charge in [-0.1, -0.05) is 19.1 Å². The summed E-state index contributed by atoms with van der Waals surface area (Å²) in [7, 11) is 0. The molecule has 1 aliphatic rings. The molecule has 0 aliphatic carbocycles. The Balaban J connectivity index is 2.34. The lowest BCUT2D eigenvalue weighted by molar-refractivity contribution is -0.137. The average molecular weight is 271 g/mol. The molecule has 1 atom stereocenters. The van der Waals surface area contributed by atoms with Gasteiger partial charge in [-0.15, -0.1) is 0 Å². The summed E-state index contributed by atoms with van der Waals surface area (Å²) < 4.78 is 38.0. The topological polar surface area (TPSA) is 29.1 Å². The number of carbonyl (C=O) groups is 1. The van der Waals surface area contributed by atoms with Crippen LogP contribution >= 0.6 is 0 Å². The second-order valence-corrected chi connectivity index (χ2v) is 4.97. The zero-order valence-electron chi connectivity index (χ0n) is 10.7. The molecule has 0 amide bonds. The first-order valence-electron chi connectivity index (χ1n) is 6.32. The minimum Gasteiger partial charge on any atom is -0.316 e. The van der Waals surface area contributed by atoms with Gasteiger partial charge in [-0.05, 0) is 31.5 Å². The molecule has 0 saturated carbocycles. The monoisotopic (exact) mass is 271 g/mol. The SMILES string of the molecule is CCC1(C(=O)c2cccc(C(F)(F)F)c2)CCNC1. The quantitative estimate of drug-likeness (QED) is 0.855. The Kier molecular flexibility index (Phi) is 3.67. The number of halogens is 3. The molecule has 1 unspecified atom stereocenters. The van der Waals surface area contributed by atoms with Gasteiger partial charge in [-0.2, -0.15) is 13.2 Å². The zero-order valence-corrected chi connectivity index (χ0v) is 10.7. The van der Waals surface area contributed by atoms with Gasteiger partial charge in [0.05, 0.1) is 5.56 Å². The van der Waals surface area contributed by atoms with Crippen LogP contribution < -0.4 is 5.32 Å². The minimum absolute atomic E-state index is 0.153. The van der Waals surface area contributed by atoms with Gasteiger partial charge in [0, 0.05) is 17.5 Å². The number of carbonyl (C=O) groups excluding carboxylic acids is 1. The standard InChI is InChI=1S/C14H16F3NO/c1-2-13(6-7-18-9-13)12(19)10-4-3-5-11(8-10)14(15,16)17/h3-5,8,18H,2,6-7,9H2,1H3. The Hall–Kier alpha value is -1.36. The maximum absolute atomic E-state index is 12.7. The number of nitrogens with one attached hydrogen (secondary N) is 1. The number of rotatable bonds is 3. The number of benzene rings is 1. The molecule has 0 aromatic heterocycles. The minimum atomic E-state index is -4.41. The molecule has 1 N–H and O–H groups in total. The summed E-state index contributed by atoms with van der Waals surface area (Å²) in [6, 6.07) is 4.70. The van der Waals surface area contributed by atoms with Crippen molar-refractivity contribution in [1.82, 2.24) is 5.32 Å². The number of hydrogen-bond acceptors (Lipinski definition) is 2. The molecule has 0 bridgehead atoms. The van der Waals surface area contributed by atoms with E-state index in [0.29, 0.717) is 19.4 Å². The highest BCUT2D eigenvalue weighted by Crippen LogP contribution is 2.35. The lowest BCUT2D eigenvalue weighted by Crippen LogP contribution is -2.33. The molecule has 1 aliphatic heterocycles. The van der Waals surface area contributed by atoms with Gasteiger partial charge in [0.1, 0.15) is 0 Å². The molecular formula is C14H16F3NO. The van der Waals surface area contributed by atoms with E-state index in [1.165, 1.54) is 12.1 Å². The summed E-state index contributed by atoms with van der Waals surface area (Å²) in [5.74, 6) is -0.189. The highest BCUT2D eigenvalue weighted by molar-refractivity contribution is 6.01. The van der Waals surface area contributed by atoms with Crippen LogP contribution in [0.25, 0.3) is 0 Å². The summed E-state index contributed by atoms with van der Waals surface area (Å²) in [5.41, 5.74) is -1.17. The molecule has 5 heteroatoms. The molecule has 0 spiro atoms. The smallest absolute Gasteiger partial charge is 0.316 e. The molecule has 1 aromatic carbocycles. The van der Waals surface area contributed by atoms with Crippen molar-refractivity contribution in [3.05, 3.63) is 35.4 Å². The van der Waals surface area contributed by atoms with Crippen LogP contribution in [-0.2, 0) is 6.18 Å². The molecule has 19 heavy (non-hydrogen) atoms. The van der Waals surface area contributed by atoms with Crippen molar-refractivity contribution in [3.63, 3.8) is 0 Å². The van der Waals surface area contributed by atoms with Crippen molar-refractivity contribution in [2.45, 2.75) is 25.9 Å². The molecule has 1 aromatic rings. The Morgan fingerprint density at radius 3 is 2.68 bits per heavy atom. The normalized spacial score (nSPS) is 23.6. The largest absolute Gasteiger partial charge is 0.416 e. The highest BCUT2D eigenvalue weighted by Gasteiger charge is 2.40. The van der Waals surface area contributed by atoms with Crippen LogP contribution in [0.4, 0.5) is 13.2 Å². The lowest BCUT2D eigenvalue weighted by atomic mass is 9.77. The first-order valence-corrected chi connectivity index (χ1v) is 6.32. The third kappa shape index (κ3) is 2.66. The van der Waals surface area contributed by atoms with E-state index in [1.54, 1.807) is 0 Å². The van der Waals surface area contributed by atoms with E-state index in [1.807, 2.05) is 6.92 Å². The summed E-state index contributed by atoms with van der Waals surface area (Å²) in [6.45, 7) is 3.18. The number of hydrogen-bond donors (Lipinski definition) is 1. The number of alkyl halides is 3. The maximum Gasteiger partial charge on any atom is 0.416 e. The first-order chi connectivity index (χ1) is 8.89. The molecule has 1 heterocycles. The van der Waals surface area contributed by atoms with Crippen molar-refractivity contribution >= 4 is 5.78 Å². The fourth-order valence-electron chi connectivity index (χ4n) is 2.54. The van der Waals surface area contributed by atoms with Crippen molar-refractivity contribution in [2.75, 3.05) is 13.1 Å². The van der Waals surface area contributed by atoms with Gasteiger partial charge in [-0.3, -0.25) is 4.79 Å². The molecule has 1 saturated heterocycles. The maximum atomic E-state index is 12.7. The zero-order chi connectivity index (χ0) is 14.1. The lowest BCUT2D eigenvalue weighted by Gasteiger charge is -2.25. The van der Waals surface area contributed by atoms with Crippen LogP contribution in [0.1, 0.15) is 35.7 Å². The Labute approximate surface area is 110 Å². The first kappa shape index (κ1) is 14.1. The van der Waals surface area contributed by atoms with Crippen LogP contribution in [0.15, 0.2) is 24.3 Å². The third-order valence-corrected chi connectivity index (χ3v) is 3.85. The van der Waals surface area contributed by atoms with E-state index in [-0.39, 0.29) is 11.3 Å². The van der Waals surface area contributed by atoms with Gasteiger partial charge in [0.25, 0.3) is 0 Å². The van der Waals surface area contributed by atoms with E-state index >= 15 is 0 Å². The number of ketones is 1. The second kappa shape index (κ2) is 4.96. The van der Waals surface area contributed by atoms with E-state index in [4.69, 9.17) is 0 Å². The fourth-order valence-corrected chi connectivity index (χ4v) is 2.54. The van der Waals surface area contributed by atoms with Crippen LogP contribution in [0.5, 0.6) is 0 Å². The molecule has 2 rings (SSSR count). The van der Waals surface area contributed by atoms with E-state index in [9.17, 15) is 18.0 Å². The number of Topliss-reactive ketones (excluding diaryl/α,β-unsaturated/α-hetero) is 1. The molecule has 104 valence electrons. The van der Waals surface area contributed by atoms with Crippen LogP contribution in [0.3, 0.4) is 0 Å². The molecule has 1 fully saturated rings. The summed E-state index contributed by atoms with van der Waals surface area (Å²) in [6.07, 6.45) is -3.10. The summed E-state index contributed by atoms with van der Waals surface area (Å²) in [5, 5.41) is 3.12. The van der Waals surface area contributed by atoms with E-state index < -0.39 is 17.2 Å². The Morgan fingerprint density at radius 1 is 1.42 bits per heavy atom. The predicted molar refractivity (Wildman–Crippen MR) is 66.0 cm³/mol. The summed E-state index contributed by atoms with van der Waals surface area (Å²) >= 11 is 0. The van der Waals surface area contributed by atoms with Crippen molar-refractivity contribution in [2.24, 2.45) is 5.41 Å². The second-order valence-electron chi connectivity index (χ2n) is 4.97. The molecule has 0 radical (unpaired) electrons. The van der Waals surface area contributed by atoms with E-state index in [2.05, 4.69) is 5.32 Å². The van der Waals surface area contributed by atoms with Crippen molar-refractivity contribution in [3.8, 4) is 0 Å². The Morgan fingerprint density at radius 2 is 2.16 bits per heavy atom. The van der Waals surface area contributed by atoms with Crippen LogP contribution in [0.2, 0.25) is 0 Å². The van der Waals surface area contributed by atoms with Crippen LogP contribution in [-0.4, -0.2) is 18.9 Å². The third-order valence-electron chi connectivity index (χ3n) is 3.85. The van der Waals surface area contributed by atoms with Crippen molar-refractivity contribution in [1.29, 1.82) is 0 Å². The van der Waals surface area contributed by atoms with E-state index in [0.717, 1.165) is 18.7 Å². The summed E-state index contributed by atoms with van der Waals surface area (Å²) in [4.78, 5) is 12.5. The van der Waals surface area contributed by atoms with Gasteiger partial charge in [0.2, 0.25) is 0 Å². The molecular weight excluding hydrogens is 255 g/mol. The predicted octanol–water partition coefficient (Wildman–Crippen LogP) is 3.28. The highest BCUT2D eigenvalue weighted by atomic mass is 19.4. The fraction of sp³-hybridized carbons (Fsp3) is 0.500. The van der Waals surface area contributed by atoms with Gasteiger partial charge < -0.3 is 5.32 Å². The van der Waals surface area contributed by atoms with Gasteiger partial charge in [0.15, 0.2) is 5.78 Å². The van der Waals surface area contributed by atoms with Crippen molar-refractivity contribution < 1.29 is 18.0 Å². The van der Waals surface area contributed by atoms with Crippen LogP contribution in [0, 0.1) is 5.41 Å².